The van der Waals surface area contributed by atoms with E-state index in [2.05, 4.69) is 36.4 Å². The molecule has 158 valence electrons. The maximum absolute atomic E-state index is 10.0. The van der Waals surface area contributed by atoms with Crippen molar-refractivity contribution in [3.8, 4) is 11.8 Å². The van der Waals surface area contributed by atoms with Crippen LogP contribution in [-0.4, -0.2) is 0 Å². The molecule has 0 saturated heterocycles. The average Bonchev–Trinajstić information content (AvgIpc) is 2.87. The number of halogens is 1. The molecule has 0 N–H and O–H groups in total. The fourth-order valence-electron chi connectivity index (χ4n) is 4.00. The third-order valence-electron chi connectivity index (χ3n) is 5.74. The fraction of sp³-hybridized carbons (Fsp3) is 0.0333. The van der Waals surface area contributed by atoms with E-state index in [1.54, 1.807) is 0 Å². The number of allylic oxidation sites excluding steroid dienone is 1. The number of nitrogens with zero attached hydrogens (tertiary/aromatic N) is 1. The zero-order chi connectivity index (χ0) is 22.6. The van der Waals surface area contributed by atoms with Crippen LogP contribution in [0.4, 0.5) is 0 Å². The standard InChI is InChI=1S/C30H20ClNO/c31-29-12-6-4-10-25(29)20-33-30-16-15-22-8-3-5-11-27(22)28(30)18-26(19-32)24-14-13-21-7-1-2-9-23(21)17-24/h1-18H,20H2/b26-18-. The maximum Gasteiger partial charge on any atom is 0.127 e. The van der Waals surface area contributed by atoms with Gasteiger partial charge in [0.1, 0.15) is 12.4 Å². The summed E-state index contributed by atoms with van der Waals surface area (Å²) in [5.41, 5.74) is 3.25. The van der Waals surface area contributed by atoms with E-state index < -0.39 is 0 Å². The molecule has 0 aliphatic carbocycles. The van der Waals surface area contributed by atoms with Gasteiger partial charge in [-0.3, -0.25) is 0 Å². The smallest absolute Gasteiger partial charge is 0.127 e. The van der Waals surface area contributed by atoms with Gasteiger partial charge in [-0.05, 0) is 51.4 Å². The molecule has 0 radical (unpaired) electrons. The average molecular weight is 446 g/mol. The molecule has 0 aromatic heterocycles. The molecule has 0 spiro atoms. The van der Waals surface area contributed by atoms with Gasteiger partial charge in [-0.1, -0.05) is 96.5 Å². The van der Waals surface area contributed by atoms with Crippen LogP contribution in [0.1, 0.15) is 16.7 Å². The Morgan fingerprint density at radius 2 is 1.48 bits per heavy atom. The van der Waals surface area contributed by atoms with Crippen molar-refractivity contribution in [3.05, 3.63) is 125 Å². The minimum Gasteiger partial charge on any atom is -0.488 e. The zero-order valence-electron chi connectivity index (χ0n) is 17.8. The quantitative estimate of drug-likeness (QED) is 0.201. The molecule has 0 saturated carbocycles. The number of nitriles is 1. The highest BCUT2D eigenvalue weighted by atomic mass is 35.5. The largest absolute Gasteiger partial charge is 0.488 e. The van der Waals surface area contributed by atoms with Gasteiger partial charge in [-0.25, -0.2) is 0 Å². The number of fused-ring (bicyclic) bond motifs is 2. The van der Waals surface area contributed by atoms with Gasteiger partial charge in [0.15, 0.2) is 0 Å². The minimum absolute atomic E-state index is 0.344. The molecule has 0 unspecified atom stereocenters. The van der Waals surface area contributed by atoms with Gasteiger partial charge in [0.25, 0.3) is 0 Å². The first-order valence-corrected chi connectivity index (χ1v) is 11.1. The number of hydrogen-bond donors (Lipinski definition) is 0. The normalized spacial score (nSPS) is 11.5. The number of ether oxygens (including phenoxy) is 1. The Bertz CT molecular complexity index is 1540. The lowest BCUT2D eigenvalue weighted by atomic mass is 9.97. The molecule has 0 atom stereocenters. The number of benzene rings is 5. The van der Waals surface area contributed by atoms with Gasteiger partial charge in [0.2, 0.25) is 0 Å². The van der Waals surface area contributed by atoms with Crippen molar-refractivity contribution in [2.75, 3.05) is 0 Å². The van der Waals surface area contributed by atoms with Gasteiger partial charge in [0, 0.05) is 16.1 Å². The van der Waals surface area contributed by atoms with Crippen LogP contribution in [0, 0.1) is 11.3 Å². The lowest BCUT2D eigenvalue weighted by Crippen LogP contribution is -1.98. The molecular weight excluding hydrogens is 426 g/mol. The van der Waals surface area contributed by atoms with Crippen LogP contribution in [0.15, 0.2) is 103 Å². The monoisotopic (exact) mass is 445 g/mol. The summed E-state index contributed by atoms with van der Waals surface area (Å²) < 4.78 is 6.23. The van der Waals surface area contributed by atoms with Crippen LogP contribution >= 0.6 is 11.6 Å². The summed E-state index contributed by atoms with van der Waals surface area (Å²) in [6.07, 6.45) is 1.92. The Morgan fingerprint density at radius 3 is 2.30 bits per heavy atom. The van der Waals surface area contributed by atoms with E-state index in [-0.39, 0.29) is 0 Å². The first kappa shape index (κ1) is 20.8. The Balaban J connectivity index is 1.61. The van der Waals surface area contributed by atoms with Crippen LogP contribution < -0.4 is 4.74 Å². The second-order valence-corrected chi connectivity index (χ2v) is 8.22. The molecule has 2 nitrogen and oxygen atoms in total. The summed E-state index contributed by atoms with van der Waals surface area (Å²) in [5.74, 6) is 0.710. The van der Waals surface area contributed by atoms with E-state index in [0.717, 1.165) is 38.2 Å². The molecular formula is C30H20ClNO. The lowest BCUT2D eigenvalue weighted by molar-refractivity contribution is 0.306. The van der Waals surface area contributed by atoms with Gasteiger partial charge in [0.05, 0.1) is 11.6 Å². The highest BCUT2D eigenvalue weighted by Gasteiger charge is 2.11. The van der Waals surface area contributed by atoms with Crippen molar-refractivity contribution in [2.45, 2.75) is 6.61 Å². The first-order chi connectivity index (χ1) is 16.2. The van der Waals surface area contributed by atoms with E-state index in [1.807, 2.05) is 78.9 Å². The van der Waals surface area contributed by atoms with Crippen LogP contribution in [0.5, 0.6) is 5.75 Å². The second kappa shape index (κ2) is 9.20. The van der Waals surface area contributed by atoms with Crippen molar-refractivity contribution in [2.24, 2.45) is 0 Å². The summed E-state index contributed by atoms with van der Waals surface area (Å²) in [4.78, 5) is 0. The van der Waals surface area contributed by atoms with Crippen molar-refractivity contribution < 1.29 is 4.74 Å². The van der Waals surface area contributed by atoms with E-state index in [4.69, 9.17) is 16.3 Å². The Kier molecular flexibility index (Phi) is 5.81. The molecule has 0 aliphatic heterocycles. The van der Waals surface area contributed by atoms with Crippen LogP contribution in [0.2, 0.25) is 5.02 Å². The minimum atomic E-state index is 0.344. The molecule has 0 amide bonds. The van der Waals surface area contributed by atoms with Crippen LogP contribution in [0.25, 0.3) is 33.2 Å². The van der Waals surface area contributed by atoms with Gasteiger partial charge in [-0.2, -0.15) is 5.26 Å². The van der Waals surface area contributed by atoms with E-state index >= 15 is 0 Å². The molecule has 5 aromatic rings. The first-order valence-electron chi connectivity index (χ1n) is 10.7. The summed E-state index contributed by atoms with van der Waals surface area (Å²) in [7, 11) is 0. The molecule has 0 fully saturated rings. The predicted octanol–water partition coefficient (Wildman–Crippen LogP) is 8.29. The molecule has 5 rings (SSSR count). The number of hydrogen-bond acceptors (Lipinski definition) is 2. The molecule has 0 aliphatic rings. The lowest BCUT2D eigenvalue weighted by Gasteiger charge is -2.14. The zero-order valence-corrected chi connectivity index (χ0v) is 18.6. The molecule has 33 heavy (non-hydrogen) atoms. The van der Waals surface area contributed by atoms with Crippen molar-refractivity contribution in [1.82, 2.24) is 0 Å². The summed E-state index contributed by atoms with van der Waals surface area (Å²) >= 11 is 6.32. The Morgan fingerprint density at radius 1 is 0.788 bits per heavy atom. The van der Waals surface area contributed by atoms with Gasteiger partial charge >= 0.3 is 0 Å². The fourth-order valence-corrected chi connectivity index (χ4v) is 4.19. The van der Waals surface area contributed by atoms with Gasteiger partial charge in [-0.15, -0.1) is 0 Å². The number of rotatable bonds is 5. The summed E-state index contributed by atoms with van der Waals surface area (Å²) in [6, 6.07) is 36.4. The molecule has 5 aromatic carbocycles. The summed E-state index contributed by atoms with van der Waals surface area (Å²) in [6.45, 7) is 0.344. The Hall–Kier alpha value is -4.06. The van der Waals surface area contributed by atoms with Crippen LogP contribution in [0.3, 0.4) is 0 Å². The van der Waals surface area contributed by atoms with Crippen LogP contribution in [-0.2, 0) is 6.61 Å². The van der Waals surface area contributed by atoms with Gasteiger partial charge < -0.3 is 4.74 Å². The highest BCUT2D eigenvalue weighted by molar-refractivity contribution is 6.31. The maximum atomic E-state index is 10.0. The van der Waals surface area contributed by atoms with Crippen molar-refractivity contribution >= 4 is 44.8 Å². The predicted molar refractivity (Wildman–Crippen MR) is 137 cm³/mol. The van der Waals surface area contributed by atoms with Crippen molar-refractivity contribution in [3.63, 3.8) is 0 Å². The topological polar surface area (TPSA) is 33.0 Å². The van der Waals surface area contributed by atoms with E-state index in [0.29, 0.717) is 23.0 Å². The van der Waals surface area contributed by atoms with E-state index in [9.17, 15) is 5.26 Å². The third kappa shape index (κ3) is 4.32. The summed E-state index contributed by atoms with van der Waals surface area (Å²) in [5, 5.41) is 15.1. The third-order valence-corrected chi connectivity index (χ3v) is 6.11. The SMILES string of the molecule is N#C/C(=C/c1c(OCc2ccccc2Cl)ccc2ccccc12)c1ccc2ccccc2c1. The highest BCUT2D eigenvalue weighted by Crippen LogP contribution is 2.33. The molecule has 0 bridgehead atoms. The Labute approximate surface area is 197 Å². The molecule has 0 heterocycles. The molecule has 3 heteroatoms. The second-order valence-electron chi connectivity index (χ2n) is 7.81. The van der Waals surface area contributed by atoms with Crippen molar-refractivity contribution in [1.29, 1.82) is 5.26 Å². The van der Waals surface area contributed by atoms with E-state index in [1.165, 1.54) is 0 Å².